The standard InChI is InChI=1S/5Cr.Na.14O/q;;;;+3;+1;;;;;;;;;;;4*-1. The van der Waals surface area contributed by atoms with Gasteiger partial charge >= 0.3 is 154 Å². The number of hydrogen-bond acceptors (Lipinski definition) is 14. The molecule has 14 nitrogen and oxygen atoms in total. The van der Waals surface area contributed by atoms with E-state index in [4.69, 9.17) is 0 Å². The SMILES string of the molecule is [Cr+3].[Na+].[O]=[Cr](=[O])([O-])[O][Cr](=[O])(=[O])[O-].[O]=[Cr](=[O])([O-])[O][Cr](=[O])(=[O])[O-]. The van der Waals surface area contributed by atoms with Gasteiger partial charge in [0.25, 0.3) is 0 Å². The van der Waals surface area contributed by atoms with Crippen LogP contribution in [0.4, 0.5) is 0 Å². The van der Waals surface area contributed by atoms with Crippen LogP contribution < -0.4 is 46.2 Å². The monoisotopic (exact) mass is 507 g/mol. The van der Waals surface area contributed by atoms with Crippen molar-refractivity contribution in [2.45, 2.75) is 0 Å². The fraction of sp³-hybridized carbons (Fsp3) is 0. The Hall–Kier alpha value is 1.82. The molecule has 1 radical (unpaired) electrons. The van der Waals surface area contributed by atoms with Crippen LogP contribution in [0.2, 0.25) is 0 Å². The van der Waals surface area contributed by atoms with Crippen LogP contribution in [0.25, 0.3) is 0 Å². The van der Waals surface area contributed by atoms with Gasteiger partial charge in [0.2, 0.25) is 0 Å². The van der Waals surface area contributed by atoms with Crippen LogP contribution in [0.5, 0.6) is 0 Å². The van der Waals surface area contributed by atoms with Crippen LogP contribution in [0, 0.1) is 0 Å². The third-order valence-corrected chi connectivity index (χ3v) is 5.67. The quantitative estimate of drug-likeness (QED) is 0.321. The van der Waals surface area contributed by atoms with Gasteiger partial charge in [-0.3, -0.25) is 0 Å². The van der Waals surface area contributed by atoms with Crippen molar-refractivity contribution >= 4 is 0 Å². The van der Waals surface area contributed by atoms with Gasteiger partial charge in [-0.25, -0.2) is 0 Å². The molecule has 20 heteroatoms. The van der Waals surface area contributed by atoms with E-state index in [0.717, 1.165) is 0 Å². The van der Waals surface area contributed by atoms with Crippen molar-refractivity contribution in [1.82, 2.24) is 0 Å². The molecule has 0 aliphatic carbocycles. The molecule has 20 heavy (non-hydrogen) atoms. The second-order valence-electron chi connectivity index (χ2n) is 1.77. The van der Waals surface area contributed by atoms with Crippen LogP contribution in [0.1, 0.15) is 0 Å². The van der Waals surface area contributed by atoms with E-state index >= 15 is 0 Å². The summed E-state index contributed by atoms with van der Waals surface area (Å²) < 4.78 is 118. The molecule has 0 atom stereocenters. The molecule has 0 spiro atoms. The molecular formula is Cr5NaO14. The molecule has 0 aliphatic rings. The van der Waals surface area contributed by atoms with Gasteiger partial charge in [0.1, 0.15) is 0 Å². The van der Waals surface area contributed by atoms with Gasteiger partial charge in [-0.15, -0.1) is 0 Å². The predicted octanol–water partition coefficient (Wildman–Crippen LogP) is -8.85. The van der Waals surface area contributed by atoms with Gasteiger partial charge in [0, 0.05) is 0 Å². The summed E-state index contributed by atoms with van der Waals surface area (Å²) in [6, 6.07) is 0. The van der Waals surface area contributed by atoms with Gasteiger partial charge in [0.15, 0.2) is 0 Å². The summed E-state index contributed by atoms with van der Waals surface area (Å²) in [6.45, 7) is 0. The second-order valence-corrected chi connectivity index (χ2v) is 9.05. The molecule has 0 aromatic rings. The first kappa shape index (κ1) is 29.8. The Morgan fingerprint density at radius 1 is 0.500 bits per heavy atom. The second kappa shape index (κ2) is 10.6. The van der Waals surface area contributed by atoms with Gasteiger partial charge in [-0.05, 0) is 0 Å². The van der Waals surface area contributed by atoms with E-state index in [9.17, 15) is 47.1 Å². The molecule has 0 saturated heterocycles. The van der Waals surface area contributed by atoms with Crippen molar-refractivity contribution in [3.63, 3.8) is 0 Å². The Kier molecular flexibility index (Phi) is 15.7. The number of hydrogen-bond donors (Lipinski definition) is 0. The molecule has 0 N–H and O–H groups in total. The van der Waals surface area contributed by atoms with E-state index < -0.39 is 54.5 Å². The van der Waals surface area contributed by atoms with Gasteiger partial charge in [0.05, 0.1) is 0 Å². The topological polar surface area (TPSA) is 247 Å². The summed E-state index contributed by atoms with van der Waals surface area (Å²) in [5.74, 6) is 0. The minimum absolute atomic E-state index is 0. The first-order chi connectivity index (χ1) is 7.41. The summed E-state index contributed by atoms with van der Waals surface area (Å²) >= 11 is -24.3. The van der Waals surface area contributed by atoms with Gasteiger partial charge in [-0.2, -0.15) is 0 Å². The van der Waals surface area contributed by atoms with Crippen molar-refractivity contribution in [2.24, 2.45) is 0 Å². The molecular weight excluding hydrogens is 507 g/mol. The molecule has 0 aliphatic heterocycles. The zero-order chi connectivity index (χ0) is 15.4. The van der Waals surface area contributed by atoms with E-state index in [1.807, 2.05) is 0 Å². The maximum atomic E-state index is 9.38. The van der Waals surface area contributed by atoms with E-state index in [0.29, 0.717) is 0 Å². The fourth-order valence-corrected chi connectivity index (χ4v) is 3.47. The first-order valence-corrected chi connectivity index (χ1v) is 11.0. The molecule has 0 rings (SSSR count). The Morgan fingerprint density at radius 2 is 0.600 bits per heavy atom. The zero-order valence-electron chi connectivity index (χ0n) is 8.76. The van der Waals surface area contributed by atoms with Crippen LogP contribution in [0.3, 0.4) is 0 Å². The van der Waals surface area contributed by atoms with Gasteiger partial charge < -0.3 is 0 Å². The molecule has 0 aromatic carbocycles. The number of rotatable bonds is 4. The van der Waals surface area contributed by atoms with E-state index in [1.165, 1.54) is 0 Å². The van der Waals surface area contributed by atoms with Crippen LogP contribution in [-0.2, 0) is 108 Å². The molecule has 0 heterocycles. The summed E-state index contributed by atoms with van der Waals surface area (Å²) in [7, 11) is 0. The van der Waals surface area contributed by atoms with Crippen LogP contribution in [-0.4, -0.2) is 0 Å². The van der Waals surface area contributed by atoms with E-state index in [-0.39, 0.29) is 46.9 Å². The third-order valence-electron chi connectivity index (χ3n) is 0.333. The Balaban J connectivity index is -0.000000116. The predicted molar refractivity (Wildman–Crippen MR) is 7.66 cm³/mol. The Morgan fingerprint density at radius 3 is 0.600 bits per heavy atom. The Bertz CT molecular complexity index is 534. The zero-order valence-corrected chi connectivity index (χ0v) is 17.1. The van der Waals surface area contributed by atoms with Crippen molar-refractivity contribution < 1.29 is 154 Å². The fourth-order valence-electron chi connectivity index (χ4n) is 0.204. The van der Waals surface area contributed by atoms with Crippen LogP contribution in [0.15, 0.2) is 0 Å². The third kappa shape index (κ3) is 36.8. The average molecular weight is 507 g/mol. The summed E-state index contributed by atoms with van der Waals surface area (Å²) in [4.78, 5) is 0. The molecule has 0 saturated carbocycles. The molecule has 0 bridgehead atoms. The maximum absolute atomic E-state index is 9.38. The molecule has 115 valence electrons. The van der Waals surface area contributed by atoms with Crippen LogP contribution >= 0.6 is 0 Å². The van der Waals surface area contributed by atoms with Crippen molar-refractivity contribution in [3.05, 3.63) is 0 Å². The molecule has 0 aromatic heterocycles. The van der Waals surface area contributed by atoms with Crippen molar-refractivity contribution in [3.8, 4) is 0 Å². The molecule has 0 unspecified atom stereocenters. The molecule has 0 amide bonds. The van der Waals surface area contributed by atoms with E-state index in [2.05, 4.69) is 5.68 Å². The van der Waals surface area contributed by atoms with Crippen molar-refractivity contribution in [1.29, 1.82) is 0 Å². The van der Waals surface area contributed by atoms with Crippen molar-refractivity contribution in [2.75, 3.05) is 0 Å². The molecule has 0 fully saturated rings. The first-order valence-electron chi connectivity index (χ1n) is 2.67. The minimum atomic E-state index is -6.07. The summed E-state index contributed by atoms with van der Waals surface area (Å²) in [5, 5.41) is 0. The summed E-state index contributed by atoms with van der Waals surface area (Å²) in [6.07, 6.45) is 0. The van der Waals surface area contributed by atoms with E-state index in [1.54, 1.807) is 0 Å². The summed E-state index contributed by atoms with van der Waals surface area (Å²) in [5.41, 5.74) is 0. The average Bonchev–Trinajstić information content (AvgIpc) is 1.64. The normalized spacial score (nSPS) is 12.2. The van der Waals surface area contributed by atoms with Gasteiger partial charge in [-0.1, -0.05) is 0 Å². The Labute approximate surface area is 152 Å².